The number of carbonyl (C=O) groups excluding carboxylic acids is 1. The van der Waals surface area contributed by atoms with Crippen LogP contribution in [0.15, 0.2) is 42.5 Å². The van der Waals surface area contributed by atoms with E-state index in [0.29, 0.717) is 17.2 Å². The lowest BCUT2D eigenvalue weighted by Gasteiger charge is -2.18. The quantitative estimate of drug-likeness (QED) is 0.797. The van der Waals surface area contributed by atoms with Gasteiger partial charge in [0.1, 0.15) is 11.5 Å². The molecule has 0 atom stereocenters. The first-order valence-corrected chi connectivity index (χ1v) is 8.80. The Morgan fingerprint density at radius 2 is 1.77 bits per heavy atom. The average Bonchev–Trinajstić information content (AvgIpc) is 3.22. The summed E-state index contributed by atoms with van der Waals surface area (Å²) in [6.07, 6.45) is 2.52. The smallest absolute Gasteiger partial charge is 0.243 e. The summed E-state index contributed by atoms with van der Waals surface area (Å²) in [5.41, 5.74) is 2.77. The third-order valence-corrected chi connectivity index (χ3v) is 4.47. The second-order valence-electron chi connectivity index (χ2n) is 6.21. The summed E-state index contributed by atoms with van der Waals surface area (Å²) < 4.78 is 10.5. The molecule has 0 bridgehead atoms. The van der Waals surface area contributed by atoms with Crippen molar-refractivity contribution in [2.45, 2.75) is 12.8 Å². The molecule has 1 fully saturated rings. The van der Waals surface area contributed by atoms with Crippen LogP contribution in [0.5, 0.6) is 11.5 Å². The maximum atomic E-state index is 12.2. The van der Waals surface area contributed by atoms with Gasteiger partial charge in [-0.25, -0.2) is 0 Å². The molecule has 1 aliphatic heterocycles. The standard InChI is InChI=1S/C20H25N3O3/c1-25-17-9-10-18(19(13-17)26-2)22-20(24)14-21-15-5-7-16(8-6-15)23-11-3-4-12-23/h5-10,13,21H,3-4,11-12,14H2,1-2H3,(H,22,24). The lowest BCUT2D eigenvalue weighted by atomic mass is 10.2. The van der Waals surface area contributed by atoms with E-state index in [4.69, 9.17) is 9.47 Å². The largest absolute Gasteiger partial charge is 0.497 e. The zero-order valence-electron chi connectivity index (χ0n) is 15.2. The Labute approximate surface area is 154 Å². The fourth-order valence-corrected chi connectivity index (χ4v) is 3.04. The third-order valence-electron chi connectivity index (χ3n) is 4.47. The minimum Gasteiger partial charge on any atom is -0.497 e. The zero-order chi connectivity index (χ0) is 18.4. The van der Waals surface area contributed by atoms with E-state index in [2.05, 4.69) is 27.7 Å². The topological polar surface area (TPSA) is 62.8 Å². The predicted molar refractivity (Wildman–Crippen MR) is 105 cm³/mol. The van der Waals surface area contributed by atoms with Crippen LogP contribution >= 0.6 is 0 Å². The van der Waals surface area contributed by atoms with Crippen LogP contribution in [-0.2, 0) is 4.79 Å². The van der Waals surface area contributed by atoms with Gasteiger partial charge in [-0.15, -0.1) is 0 Å². The van der Waals surface area contributed by atoms with E-state index in [-0.39, 0.29) is 12.5 Å². The van der Waals surface area contributed by atoms with E-state index in [1.807, 2.05) is 12.1 Å². The number of methoxy groups -OCH3 is 2. The Morgan fingerprint density at radius 3 is 2.42 bits per heavy atom. The number of hydrogen-bond donors (Lipinski definition) is 2. The molecule has 1 aliphatic rings. The number of benzene rings is 2. The van der Waals surface area contributed by atoms with Gasteiger partial charge < -0.3 is 25.0 Å². The van der Waals surface area contributed by atoms with Crippen LogP contribution < -0.4 is 25.0 Å². The van der Waals surface area contributed by atoms with Gasteiger partial charge in [-0.2, -0.15) is 0 Å². The number of carbonyl (C=O) groups is 1. The maximum absolute atomic E-state index is 12.2. The normalized spacial score (nSPS) is 13.4. The van der Waals surface area contributed by atoms with E-state index >= 15 is 0 Å². The monoisotopic (exact) mass is 355 g/mol. The first-order chi connectivity index (χ1) is 12.7. The van der Waals surface area contributed by atoms with Gasteiger partial charge in [0.25, 0.3) is 0 Å². The molecule has 138 valence electrons. The van der Waals surface area contributed by atoms with Crippen LogP contribution in [0.1, 0.15) is 12.8 Å². The van der Waals surface area contributed by atoms with Gasteiger partial charge in [0.15, 0.2) is 0 Å². The predicted octanol–water partition coefficient (Wildman–Crippen LogP) is 3.35. The van der Waals surface area contributed by atoms with Crippen molar-refractivity contribution >= 4 is 23.0 Å². The molecule has 2 N–H and O–H groups in total. The fourth-order valence-electron chi connectivity index (χ4n) is 3.04. The van der Waals surface area contributed by atoms with Crippen LogP contribution in [0.4, 0.5) is 17.1 Å². The van der Waals surface area contributed by atoms with Gasteiger partial charge in [-0.3, -0.25) is 4.79 Å². The number of ether oxygens (including phenoxy) is 2. The molecule has 0 aromatic heterocycles. The van der Waals surface area contributed by atoms with E-state index in [0.717, 1.165) is 18.8 Å². The number of nitrogens with zero attached hydrogens (tertiary/aromatic N) is 1. The molecule has 1 saturated heterocycles. The van der Waals surface area contributed by atoms with Crippen LogP contribution in [0.2, 0.25) is 0 Å². The minimum absolute atomic E-state index is 0.142. The second-order valence-corrected chi connectivity index (χ2v) is 6.21. The highest BCUT2D eigenvalue weighted by molar-refractivity contribution is 5.95. The van der Waals surface area contributed by atoms with Gasteiger partial charge in [0.05, 0.1) is 26.5 Å². The summed E-state index contributed by atoms with van der Waals surface area (Å²) in [6, 6.07) is 13.5. The first kappa shape index (κ1) is 17.9. The summed E-state index contributed by atoms with van der Waals surface area (Å²) in [7, 11) is 3.15. The van der Waals surface area contributed by atoms with Crippen molar-refractivity contribution in [1.29, 1.82) is 0 Å². The van der Waals surface area contributed by atoms with Crippen LogP contribution in [-0.4, -0.2) is 39.8 Å². The number of nitrogens with one attached hydrogen (secondary N) is 2. The number of anilines is 3. The maximum Gasteiger partial charge on any atom is 0.243 e. The molecule has 0 radical (unpaired) electrons. The van der Waals surface area contributed by atoms with Crippen molar-refractivity contribution in [2.75, 3.05) is 49.4 Å². The van der Waals surface area contributed by atoms with Crippen molar-refractivity contribution in [3.8, 4) is 11.5 Å². The van der Waals surface area contributed by atoms with Gasteiger partial charge in [-0.05, 0) is 49.2 Å². The highest BCUT2D eigenvalue weighted by Crippen LogP contribution is 2.29. The lowest BCUT2D eigenvalue weighted by molar-refractivity contribution is -0.114. The van der Waals surface area contributed by atoms with Crippen molar-refractivity contribution < 1.29 is 14.3 Å². The molecular formula is C20H25N3O3. The first-order valence-electron chi connectivity index (χ1n) is 8.80. The van der Waals surface area contributed by atoms with Crippen molar-refractivity contribution in [3.05, 3.63) is 42.5 Å². The van der Waals surface area contributed by atoms with Crippen molar-refractivity contribution in [1.82, 2.24) is 0 Å². The van der Waals surface area contributed by atoms with Crippen LogP contribution in [0.3, 0.4) is 0 Å². The highest BCUT2D eigenvalue weighted by atomic mass is 16.5. The molecule has 2 aromatic rings. The molecular weight excluding hydrogens is 330 g/mol. The summed E-state index contributed by atoms with van der Waals surface area (Å²) in [6.45, 7) is 2.43. The highest BCUT2D eigenvalue weighted by Gasteiger charge is 2.12. The summed E-state index contributed by atoms with van der Waals surface area (Å²) in [4.78, 5) is 14.6. The third kappa shape index (κ3) is 4.39. The van der Waals surface area contributed by atoms with E-state index in [9.17, 15) is 4.79 Å². The van der Waals surface area contributed by atoms with Gasteiger partial charge in [0.2, 0.25) is 5.91 Å². The van der Waals surface area contributed by atoms with E-state index in [1.165, 1.54) is 18.5 Å². The average molecular weight is 355 g/mol. The van der Waals surface area contributed by atoms with Crippen LogP contribution in [0, 0.1) is 0 Å². The fraction of sp³-hybridized carbons (Fsp3) is 0.350. The Kier molecular flexibility index (Phi) is 5.84. The second kappa shape index (κ2) is 8.47. The van der Waals surface area contributed by atoms with E-state index in [1.54, 1.807) is 32.4 Å². The molecule has 0 unspecified atom stereocenters. The Morgan fingerprint density at radius 1 is 1.04 bits per heavy atom. The summed E-state index contributed by atoms with van der Waals surface area (Å²) >= 11 is 0. The Balaban J connectivity index is 1.54. The Hall–Kier alpha value is -2.89. The summed E-state index contributed by atoms with van der Waals surface area (Å²) in [5, 5.41) is 6.00. The molecule has 1 amide bonds. The minimum atomic E-state index is -0.142. The zero-order valence-corrected chi connectivity index (χ0v) is 15.2. The van der Waals surface area contributed by atoms with Crippen molar-refractivity contribution in [3.63, 3.8) is 0 Å². The van der Waals surface area contributed by atoms with Gasteiger partial charge in [0, 0.05) is 30.5 Å². The number of amides is 1. The summed E-state index contributed by atoms with van der Waals surface area (Å²) in [5.74, 6) is 1.10. The lowest BCUT2D eigenvalue weighted by Crippen LogP contribution is -2.22. The van der Waals surface area contributed by atoms with Crippen LogP contribution in [0.25, 0.3) is 0 Å². The van der Waals surface area contributed by atoms with Crippen molar-refractivity contribution in [2.24, 2.45) is 0 Å². The molecule has 3 rings (SSSR count). The molecule has 0 spiro atoms. The van der Waals surface area contributed by atoms with E-state index < -0.39 is 0 Å². The molecule has 6 heteroatoms. The molecule has 6 nitrogen and oxygen atoms in total. The number of hydrogen-bond acceptors (Lipinski definition) is 5. The molecule has 1 heterocycles. The Bertz CT molecular complexity index is 740. The SMILES string of the molecule is COc1ccc(NC(=O)CNc2ccc(N3CCCC3)cc2)c(OC)c1. The molecule has 2 aromatic carbocycles. The number of rotatable bonds is 7. The van der Waals surface area contributed by atoms with Gasteiger partial charge in [-0.1, -0.05) is 0 Å². The van der Waals surface area contributed by atoms with Gasteiger partial charge >= 0.3 is 0 Å². The molecule has 26 heavy (non-hydrogen) atoms. The molecule has 0 aliphatic carbocycles. The molecule has 0 saturated carbocycles.